The maximum atomic E-state index is 13.2. The van der Waals surface area contributed by atoms with Crippen molar-refractivity contribution in [2.75, 3.05) is 0 Å². The molecule has 1 aromatic rings. The zero-order valence-corrected chi connectivity index (χ0v) is 11.0. The van der Waals surface area contributed by atoms with Gasteiger partial charge in [0.05, 0.1) is 5.56 Å². The van der Waals surface area contributed by atoms with Crippen molar-refractivity contribution in [2.24, 2.45) is 5.92 Å². The molecule has 20 heavy (non-hydrogen) atoms. The molecule has 1 aromatic carbocycles. The van der Waals surface area contributed by atoms with Gasteiger partial charge in [-0.3, -0.25) is 4.79 Å². The molecule has 0 saturated carbocycles. The fraction of sp³-hybridized carbons (Fsp3) is 0.462. The molecule has 0 amide bonds. The quantitative estimate of drug-likeness (QED) is 0.820. The Morgan fingerprint density at radius 2 is 1.90 bits per heavy atom. The van der Waals surface area contributed by atoms with Gasteiger partial charge in [-0.2, -0.15) is 13.2 Å². The van der Waals surface area contributed by atoms with Gasteiger partial charge >= 0.3 is 12.1 Å². The molecule has 0 fully saturated rings. The van der Waals surface area contributed by atoms with Gasteiger partial charge in [-0.15, -0.1) is 0 Å². The molecule has 0 heterocycles. The van der Waals surface area contributed by atoms with Gasteiger partial charge in [0, 0.05) is 6.54 Å². The first kappa shape index (κ1) is 16.4. The standard InChI is InChI=1S/C13H15F4NO2/c1-7(2)11(12(19)20)18-6-8-3-9(13(15,16)17)5-10(14)4-8/h3-5,7,11,18H,6H2,1-2H3,(H,19,20)/t11-/m0/s1. The Bertz CT molecular complexity index is 486. The van der Waals surface area contributed by atoms with E-state index < -0.39 is 29.6 Å². The molecule has 0 aliphatic heterocycles. The Labute approximate surface area is 113 Å². The number of aliphatic carboxylic acids is 1. The van der Waals surface area contributed by atoms with Crippen LogP contribution in [0.1, 0.15) is 25.0 Å². The van der Waals surface area contributed by atoms with E-state index in [1.807, 2.05) is 0 Å². The molecule has 0 aliphatic rings. The SMILES string of the molecule is CC(C)[C@H](NCc1cc(F)cc(C(F)(F)F)c1)C(=O)O. The predicted molar refractivity (Wildman–Crippen MR) is 64.5 cm³/mol. The Kier molecular flexibility index (Phi) is 5.10. The molecule has 2 N–H and O–H groups in total. The zero-order valence-electron chi connectivity index (χ0n) is 11.0. The minimum Gasteiger partial charge on any atom is -0.480 e. The van der Waals surface area contributed by atoms with E-state index in [0.717, 1.165) is 12.1 Å². The van der Waals surface area contributed by atoms with Crippen LogP contribution in [0.2, 0.25) is 0 Å². The van der Waals surface area contributed by atoms with Gasteiger partial charge in [0.2, 0.25) is 0 Å². The van der Waals surface area contributed by atoms with Crippen molar-refractivity contribution in [3.05, 3.63) is 35.1 Å². The summed E-state index contributed by atoms with van der Waals surface area (Å²) in [5, 5.41) is 11.6. The number of benzene rings is 1. The highest BCUT2D eigenvalue weighted by Crippen LogP contribution is 2.30. The first-order valence-electron chi connectivity index (χ1n) is 5.94. The summed E-state index contributed by atoms with van der Waals surface area (Å²) < 4.78 is 50.7. The Balaban J connectivity index is 2.88. The minimum absolute atomic E-state index is 0.0456. The van der Waals surface area contributed by atoms with Gasteiger partial charge in [-0.1, -0.05) is 13.8 Å². The van der Waals surface area contributed by atoms with Gasteiger partial charge in [-0.25, -0.2) is 4.39 Å². The van der Waals surface area contributed by atoms with Crippen LogP contribution in [-0.4, -0.2) is 17.1 Å². The molecule has 1 rings (SSSR count). The van der Waals surface area contributed by atoms with E-state index >= 15 is 0 Å². The molecule has 0 saturated heterocycles. The van der Waals surface area contributed by atoms with Gasteiger partial charge < -0.3 is 10.4 Å². The molecule has 0 spiro atoms. The lowest BCUT2D eigenvalue weighted by molar-refractivity contribution is -0.141. The van der Waals surface area contributed by atoms with E-state index in [1.165, 1.54) is 0 Å². The molecular weight excluding hydrogens is 278 g/mol. The van der Waals surface area contributed by atoms with E-state index in [4.69, 9.17) is 5.11 Å². The van der Waals surface area contributed by atoms with Crippen LogP contribution in [0, 0.1) is 11.7 Å². The maximum Gasteiger partial charge on any atom is 0.416 e. The van der Waals surface area contributed by atoms with Crippen LogP contribution in [0.3, 0.4) is 0 Å². The molecule has 112 valence electrons. The van der Waals surface area contributed by atoms with E-state index in [9.17, 15) is 22.4 Å². The molecule has 0 unspecified atom stereocenters. The third-order valence-electron chi connectivity index (χ3n) is 2.74. The first-order valence-corrected chi connectivity index (χ1v) is 5.94. The number of carboxylic acid groups (broad SMARTS) is 1. The summed E-state index contributed by atoms with van der Waals surface area (Å²) >= 11 is 0. The zero-order chi connectivity index (χ0) is 15.5. The number of alkyl halides is 3. The number of carboxylic acids is 1. The van der Waals surface area contributed by atoms with E-state index in [2.05, 4.69) is 5.32 Å². The summed E-state index contributed by atoms with van der Waals surface area (Å²) in [6.07, 6.45) is -4.64. The van der Waals surface area contributed by atoms with Crippen molar-refractivity contribution in [3.63, 3.8) is 0 Å². The van der Waals surface area contributed by atoms with Crippen LogP contribution in [0.4, 0.5) is 17.6 Å². The topological polar surface area (TPSA) is 49.3 Å². The average Bonchev–Trinajstić information content (AvgIpc) is 2.26. The van der Waals surface area contributed by atoms with E-state index in [-0.39, 0.29) is 18.0 Å². The van der Waals surface area contributed by atoms with Crippen LogP contribution in [0.5, 0.6) is 0 Å². The fourth-order valence-corrected chi connectivity index (χ4v) is 1.75. The second kappa shape index (κ2) is 6.21. The largest absolute Gasteiger partial charge is 0.480 e. The lowest BCUT2D eigenvalue weighted by Crippen LogP contribution is -2.40. The summed E-state index contributed by atoms with van der Waals surface area (Å²) in [7, 11) is 0. The van der Waals surface area contributed by atoms with Crippen LogP contribution in [0.25, 0.3) is 0 Å². The van der Waals surface area contributed by atoms with E-state index in [1.54, 1.807) is 13.8 Å². The number of rotatable bonds is 5. The van der Waals surface area contributed by atoms with Crippen LogP contribution in [-0.2, 0) is 17.5 Å². The van der Waals surface area contributed by atoms with E-state index in [0.29, 0.717) is 6.07 Å². The lowest BCUT2D eigenvalue weighted by atomic mass is 10.0. The van der Waals surface area contributed by atoms with Crippen molar-refractivity contribution in [1.29, 1.82) is 0 Å². The fourth-order valence-electron chi connectivity index (χ4n) is 1.75. The minimum atomic E-state index is -4.64. The molecule has 0 aromatic heterocycles. The summed E-state index contributed by atoms with van der Waals surface area (Å²) in [6, 6.07) is 1.24. The van der Waals surface area contributed by atoms with Gasteiger partial charge in [-0.05, 0) is 29.7 Å². The third-order valence-corrected chi connectivity index (χ3v) is 2.74. The van der Waals surface area contributed by atoms with Crippen LogP contribution < -0.4 is 5.32 Å². The molecule has 3 nitrogen and oxygen atoms in total. The first-order chi connectivity index (χ1) is 9.11. The number of carbonyl (C=O) groups is 1. The van der Waals surface area contributed by atoms with Gasteiger partial charge in [0.1, 0.15) is 11.9 Å². The highest BCUT2D eigenvalue weighted by molar-refractivity contribution is 5.73. The van der Waals surface area contributed by atoms with Crippen LogP contribution >= 0.6 is 0 Å². The molecule has 0 radical (unpaired) electrons. The molecular formula is C13H15F4NO2. The third kappa shape index (κ3) is 4.48. The van der Waals surface area contributed by atoms with Crippen LogP contribution in [0.15, 0.2) is 18.2 Å². The van der Waals surface area contributed by atoms with Crippen molar-refractivity contribution in [1.82, 2.24) is 5.32 Å². The molecule has 7 heteroatoms. The van der Waals surface area contributed by atoms with Gasteiger partial charge in [0.15, 0.2) is 0 Å². The highest BCUT2D eigenvalue weighted by Gasteiger charge is 2.31. The molecule has 0 aliphatic carbocycles. The lowest BCUT2D eigenvalue weighted by Gasteiger charge is -2.18. The molecule has 1 atom stereocenters. The van der Waals surface area contributed by atoms with Crippen molar-refractivity contribution < 1.29 is 27.5 Å². The van der Waals surface area contributed by atoms with Crippen molar-refractivity contribution in [3.8, 4) is 0 Å². The molecule has 0 bridgehead atoms. The monoisotopic (exact) mass is 293 g/mol. The second-order valence-corrected chi connectivity index (χ2v) is 4.79. The van der Waals surface area contributed by atoms with Crippen molar-refractivity contribution in [2.45, 2.75) is 32.6 Å². The predicted octanol–water partition coefficient (Wildman–Crippen LogP) is 3.04. The average molecular weight is 293 g/mol. The Morgan fingerprint density at radius 1 is 1.30 bits per heavy atom. The van der Waals surface area contributed by atoms with Gasteiger partial charge in [0.25, 0.3) is 0 Å². The number of halogens is 4. The summed E-state index contributed by atoms with van der Waals surface area (Å²) in [4.78, 5) is 10.9. The maximum absolute atomic E-state index is 13.2. The Hall–Kier alpha value is -1.63. The second-order valence-electron chi connectivity index (χ2n) is 4.79. The Morgan fingerprint density at radius 3 is 2.35 bits per heavy atom. The van der Waals surface area contributed by atoms with Crippen molar-refractivity contribution >= 4 is 5.97 Å². The summed E-state index contributed by atoms with van der Waals surface area (Å²) in [5.74, 6) is -2.36. The number of hydrogen-bond donors (Lipinski definition) is 2. The summed E-state index contributed by atoms with van der Waals surface area (Å²) in [5.41, 5.74) is -1.05. The smallest absolute Gasteiger partial charge is 0.416 e. The normalized spacial score (nSPS) is 13.6. The number of hydrogen-bond acceptors (Lipinski definition) is 2. The number of nitrogens with one attached hydrogen (secondary N) is 1. The highest BCUT2D eigenvalue weighted by atomic mass is 19.4. The summed E-state index contributed by atoms with van der Waals surface area (Å²) in [6.45, 7) is 3.17.